The van der Waals surface area contributed by atoms with Crippen molar-refractivity contribution in [2.45, 2.75) is 135 Å². The summed E-state index contributed by atoms with van der Waals surface area (Å²) in [5, 5.41) is 31.1. The highest BCUT2D eigenvalue weighted by molar-refractivity contribution is 14.1. The van der Waals surface area contributed by atoms with E-state index in [0.717, 1.165) is 38.5 Å². The molecule has 0 aliphatic rings. The van der Waals surface area contributed by atoms with Gasteiger partial charge in [0.1, 0.15) is 19.3 Å². The van der Waals surface area contributed by atoms with Gasteiger partial charge in [-0.05, 0) is 26.2 Å². The van der Waals surface area contributed by atoms with Gasteiger partial charge in [0.25, 0.3) is 0 Å². The first kappa shape index (κ1) is 54.9. The maximum atomic E-state index is 12.3. The SMILES string of the molecule is CC(NC(=O)CI)NC(=O)COCCOCCNC(=O)COCCOCCNC(=O)CCC(NC(=O)CCCCCCCCCCCCCCCCC(=O)O)C(=O)O. The molecule has 7 N–H and O–H groups in total. The number of carbonyl (C=O) groups is 7. The van der Waals surface area contributed by atoms with E-state index in [1.54, 1.807) is 6.92 Å². The van der Waals surface area contributed by atoms with E-state index in [0.29, 0.717) is 10.8 Å². The van der Waals surface area contributed by atoms with Gasteiger partial charge in [-0.15, -0.1) is 0 Å². The lowest BCUT2D eigenvalue weighted by molar-refractivity contribution is -0.142. The molecule has 0 aromatic heterocycles. The third-order valence-corrected chi connectivity index (χ3v) is 9.25. The lowest BCUT2D eigenvalue weighted by Crippen LogP contribution is -2.47. The fourth-order valence-electron chi connectivity index (χ4n) is 5.52. The zero-order chi connectivity index (χ0) is 43.1. The van der Waals surface area contributed by atoms with Crippen LogP contribution in [0.2, 0.25) is 0 Å². The number of alkyl halides is 1. The molecule has 0 aromatic carbocycles. The van der Waals surface area contributed by atoms with Crippen LogP contribution in [-0.4, -0.2) is 134 Å². The number of nitrogens with one attached hydrogen (secondary N) is 5. The van der Waals surface area contributed by atoms with Crippen molar-refractivity contribution < 1.29 is 62.7 Å². The average molecular weight is 944 g/mol. The summed E-state index contributed by atoms with van der Waals surface area (Å²) in [6, 6.07) is -1.14. The van der Waals surface area contributed by atoms with E-state index in [1.807, 2.05) is 22.6 Å². The molecule has 0 aliphatic heterocycles. The molecule has 2 atom stereocenters. The van der Waals surface area contributed by atoms with Crippen LogP contribution in [0.25, 0.3) is 0 Å². The normalized spacial score (nSPS) is 12.0. The number of ether oxygens (including phenoxy) is 4. The summed E-state index contributed by atoms with van der Waals surface area (Å²) in [6.45, 7) is 2.99. The largest absolute Gasteiger partial charge is 0.481 e. The molecule has 5 amide bonds. The van der Waals surface area contributed by atoms with Crippen molar-refractivity contribution in [2.24, 2.45) is 0 Å². The zero-order valence-electron chi connectivity index (χ0n) is 34.4. The highest BCUT2D eigenvalue weighted by Gasteiger charge is 2.21. The zero-order valence-corrected chi connectivity index (χ0v) is 36.6. The van der Waals surface area contributed by atoms with Crippen LogP contribution in [0.15, 0.2) is 0 Å². The molecule has 336 valence electrons. The smallest absolute Gasteiger partial charge is 0.326 e. The lowest BCUT2D eigenvalue weighted by Gasteiger charge is -2.15. The first-order valence-electron chi connectivity index (χ1n) is 20.7. The van der Waals surface area contributed by atoms with Crippen LogP contribution in [-0.2, 0) is 52.5 Å². The summed E-state index contributed by atoms with van der Waals surface area (Å²) in [7, 11) is 0. The van der Waals surface area contributed by atoms with Gasteiger partial charge < -0.3 is 55.7 Å². The first-order valence-corrected chi connectivity index (χ1v) is 22.2. The molecule has 0 bridgehead atoms. The third-order valence-electron chi connectivity index (χ3n) is 8.56. The Morgan fingerprint density at radius 3 is 1.40 bits per heavy atom. The molecule has 2 unspecified atom stereocenters. The van der Waals surface area contributed by atoms with Crippen LogP contribution < -0.4 is 26.6 Å². The Labute approximate surface area is 357 Å². The van der Waals surface area contributed by atoms with Crippen LogP contribution in [0.3, 0.4) is 0 Å². The fourth-order valence-corrected chi connectivity index (χ4v) is 5.74. The summed E-state index contributed by atoms with van der Waals surface area (Å²) in [4.78, 5) is 81.5. The van der Waals surface area contributed by atoms with Crippen molar-refractivity contribution in [1.82, 2.24) is 26.6 Å². The van der Waals surface area contributed by atoms with Gasteiger partial charge in [-0.1, -0.05) is 99.6 Å². The van der Waals surface area contributed by atoms with E-state index in [1.165, 1.54) is 44.9 Å². The average Bonchev–Trinajstić information content (AvgIpc) is 3.17. The number of unbranched alkanes of at least 4 members (excludes halogenated alkanes) is 13. The Morgan fingerprint density at radius 1 is 0.483 bits per heavy atom. The summed E-state index contributed by atoms with van der Waals surface area (Å²) in [6.07, 6.45) is 15.0. The van der Waals surface area contributed by atoms with Crippen molar-refractivity contribution in [1.29, 1.82) is 0 Å². The maximum Gasteiger partial charge on any atom is 0.326 e. The van der Waals surface area contributed by atoms with Crippen molar-refractivity contribution in [3.8, 4) is 0 Å². The monoisotopic (exact) mass is 943 g/mol. The number of amides is 5. The van der Waals surface area contributed by atoms with Gasteiger partial charge in [-0.3, -0.25) is 28.8 Å². The number of carboxylic acids is 2. The van der Waals surface area contributed by atoms with E-state index in [-0.39, 0.29) is 121 Å². The highest BCUT2D eigenvalue weighted by Crippen LogP contribution is 2.14. The van der Waals surface area contributed by atoms with Gasteiger partial charge in [-0.25, -0.2) is 4.79 Å². The molecule has 0 spiro atoms. The molecule has 0 heterocycles. The first-order chi connectivity index (χ1) is 27.9. The number of hydrogen-bond acceptors (Lipinski definition) is 11. The second-order valence-corrected chi connectivity index (χ2v) is 14.6. The van der Waals surface area contributed by atoms with Gasteiger partial charge >= 0.3 is 11.9 Å². The molecule has 0 radical (unpaired) electrons. The van der Waals surface area contributed by atoms with E-state index in [9.17, 15) is 38.7 Å². The van der Waals surface area contributed by atoms with Crippen molar-refractivity contribution in [3.63, 3.8) is 0 Å². The molecule has 0 fully saturated rings. The number of hydrogen-bond donors (Lipinski definition) is 7. The van der Waals surface area contributed by atoms with Crippen LogP contribution in [0.1, 0.15) is 122 Å². The molecular formula is C39H70IN5O13. The number of rotatable bonds is 41. The van der Waals surface area contributed by atoms with Crippen LogP contribution >= 0.6 is 22.6 Å². The Balaban J connectivity index is 3.68. The third kappa shape index (κ3) is 38.4. The topological polar surface area (TPSA) is 257 Å². The van der Waals surface area contributed by atoms with Crippen molar-refractivity contribution >= 4 is 64.1 Å². The summed E-state index contributed by atoms with van der Waals surface area (Å²) in [5.41, 5.74) is 0. The Hall–Kier alpha value is -3.14. The minimum atomic E-state index is -1.19. The second kappa shape index (κ2) is 39.3. The summed E-state index contributed by atoms with van der Waals surface area (Å²) in [5.74, 6) is -3.47. The Kier molecular flexibility index (Phi) is 37.2. The molecule has 18 nitrogen and oxygen atoms in total. The summed E-state index contributed by atoms with van der Waals surface area (Å²) < 4.78 is 21.5. The Morgan fingerprint density at radius 2 is 0.914 bits per heavy atom. The van der Waals surface area contributed by atoms with Crippen molar-refractivity contribution in [3.05, 3.63) is 0 Å². The van der Waals surface area contributed by atoms with Crippen LogP contribution in [0.5, 0.6) is 0 Å². The molecule has 58 heavy (non-hydrogen) atoms. The molecular weight excluding hydrogens is 873 g/mol. The molecule has 0 aliphatic carbocycles. The van der Waals surface area contributed by atoms with Gasteiger partial charge in [0, 0.05) is 32.4 Å². The minimum absolute atomic E-state index is 0.0283. The van der Waals surface area contributed by atoms with Crippen molar-refractivity contribution in [2.75, 3.05) is 70.4 Å². The fraction of sp³-hybridized carbons (Fsp3) is 0.821. The van der Waals surface area contributed by atoms with Gasteiger partial charge in [0.2, 0.25) is 29.5 Å². The molecule has 0 saturated heterocycles. The van der Waals surface area contributed by atoms with Gasteiger partial charge in [0.05, 0.1) is 50.2 Å². The predicted molar refractivity (Wildman–Crippen MR) is 224 cm³/mol. The standard InChI is InChI=1S/C39H70IN5O13/c1-31(43-35(48)28-40)44-37(50)30-58-27-25-56-23-21-42-36(49)29-57-26-24-55-22-20-41-33(46)19-18-32(39(53)54)45-34(47)16-14-12-10-8-6-4-2-3-5-7-9-11-13-15-17-38(51)52/h31-32H,2-30H2,1H3,(H,41,46)(H,42,49)(H,43,48)(H,44,50)(H,45,47)(H,51,52)(H,53,54). The van der Waals surface area contributed by atoms with Gasteiger partial charge in [0.15, 0.2) is 0 Å². The number of carbonyl (C=O) groups excluding carboxylic acids is 5. The van der Waals surface area contributed by atoms with Crippen LogP contribution in [0, 0.1) is 0 Å². The van der Waals surface area contributed by atoms with E-state index in [4.69, 9.17) is 24.1 Å². The van der Waals surface area contributed by atoms with E-state index >= 15 is 0 Å². The molecule has 0 aromatic rings. The number of carboxylic acid groups (broad SMARTS) is 2. The quantitative estimate of drug-likeness (QED) is 0.0202. The molecule has 0 saturated carbocycles. The molecule has 0 rings (SSSR count). The molecule has 19 heteroatoms. The van der Waals surface area contributed by atoms with Gasteiger partial charge in [-0.2, -0.15) is 0 Å². The number of halogens is 1. The number of aliphatic carboxylic acids is 2. The van der Waals surface area contributed by atoms with E-state index < -0.39 is 24.1 Å². The van der Waals surface area contributed by atoms with Crippen LogP contribution in [0.4, 0.5) is 0 Å². The van der Waals surface area contributed by atoms with E-state index in [2.05, 4.69) is 26.6 Å². The minimum Gasteiger partial charge on any atom is -0.481 e. The Bertz CT molecular complexity index is 1150. The summed E-state index contributed by atoms with van der Waals surface area (Å²) >= 11 is 1.92. The second-order valence-electron chi connectivity index (χ2n) is 13.9. The lowest BCUT2D eigenvalue weighted by atomic mass is 10.0. The predicted octanol–water partition coefficient (Wildman–Crippen LogP) is 2.97. The highest BCUT2D eigenvalue weighted by atomic mass is 127. The maximum absolute atomic E-state index is 12.3.